The quantitative estimate of drug-likeness (QED) is 0.313. The van der Waals surface area contributed by atoms with E-state index in [-0.39, 0.29) is 17.9 Å². The van der Waals surface area contributed by atoms with Gasteiger partial charge >= 0.3 is 6.18 Å². The fourth-order valence-corrected chi connectivity index (χ4v) is 4.56. The number of hydrogen-bond acceptors (Lipinski definition) is 5. The van der Waals surface area contributed by atoms with Gasteiger partial charge in [0.05, 0.1) is 24.6 Å². The van der Waals surface area contributed by atoms with Crippen molar-refractivity contribution in [1.29, 1.82) is 0 Å². The van der Waals surface area contributed by atoms with E-state index in [1.807, 2.05) is 24.3 Å². The number of nitrogens with zero attached hydrogens (tertiary/aromatic N) is 4. The molecular formula is C28H22F4N4O2. The lowest BCUT2D eigenvalue weighted by Crippen LogP contribution is -2.37. The highest BCUT2D eigenvalue weighted by Gasteiger charge is 2.31. The van der Waals surface area contributed by atoms with E-state index in [1.165, 1.54) is 12.4 Å². The third kappa shape index (κ3) is 5.34. The Balaban J connectivity index is 1.39. The molecule has 0 N–H and O–H groups in total. The Kier molecular flexibility index (Phi) is 6.79. The maximum atomic E-state index is 13.9. The van der Waals surface area contributed by atoms with Gasteiger partial charge < -0.3 is 9.64 Å². The average molecular weight is 523 g/mol. The summed E-state index contributed by atoms with van der Waals surface area (Å²) >= 11 is 0. The average Bonchev–Trinajstić information content (AvgIpc) is 2.90. The first kappa shape index (κ1) is 25.3. The second-order valence-corrected chi connectivity index (χ2v) is 8.98. The van der Waals surface area contributed by atoms with Crippen molar-refractivity contribution in [2.24, 2.45) is 0 Å². The first-order chi connectivity index (χ1) is 18.2. The molecule has 38 heavy (non-hydrogen) atoms. The highest BCUT2D eigenvalue weighted by atomic mass is 19.4. The lowest BCUT2D eigenvalue weighted by Gasteiger charge is -2.29. The molecule has 2 aromatic heterocycles. The standard InChI is InChI=1S/C28H22F4N4O2/c1-38-22-4-2-17(3-5-22)16-36-9-7-23-24(27(36)37)6-8-33-26(23)25-13-19(15-34-35-25)10-18-11-20(28(30,31)32)14-21(29)12-18/h2-6,8,11-15H,7,9-10,16H2,1H3. The summed E-state index contributed by atoms with van der Waals surface area (Å²) in [5.41, 5.74) is 2.75. The predicted octanol–water partition coefficient (Wildman–Crippen LogP) is 5.49. The number of rotatable bonds is 6. The summed E-state index contributed by atoms with van der Waals surface area (Å²) in [5, 5.41) is 8.15. The number of carbonyl (C=O) groups excluding carboxylic acids is 1. The number of fused-ring (bicyclic) bond motifs is 1. The van der Waals surface area contributed by atoms with Gasteiger partial charge in [-0.05, 0) is 77.6 Å². The molecule has 4 aromatic rings. The van der Waals surface area contributed by atoms with Gasteiger partial charge in [0.25, 0.3) is 5.91 Å². The summed E-state index contributed by atoms with van der Waals surface area (Å²) in [4.78, 5) is 19.5. The van der Waals surface area contributed by atoms with Crippen LogP contribution in [0.2, 0.25) is 0 Å². The molecule has 0 spiro atoms. The topological polar surface area (TPSA) is 68.2 Å². The molecule has 2 aromatic carbocycles. The zero-order valence-corrected chi connectivity index (χ0v) is 20.3. The smallest absolute Gasteiger partial charge is 0.416 e. The van der Waals surface area contributed by atoms with Crippen LogP contribution < -0.4 is 4.74 Å². The summed E-state index contributed by atoms with van der Waals surface area (Å²) in [6, 6.07) is 13.3. The number of ether oxygens (including phenoxy) is 1. The molecule has 3 heterocycles. The van der Waals surface area contributed by atoms with Crippen molar-refractivity contribution >= 4 is 5.91 Å². The summed E-state index contributed by atoms with van der Waals surface area (Å²) < 4.78 is 58.4. The first-order valence-electron chi connectivity index (χ1n) is 11.8. The van der Waals surface area contributed by atoms with Gasteiger partial charge in [-0.3, -0.25) is 9.78 Å². The summed E-state index contributed by atoms with van der Waals surface area (Å²) in [5.74, 6) is -0.357. The van der Waals surface area contributed by atoms with E-state index in [2.05, 4.69) is 15.2 Å². The Bertz CT molecular complexity index is 1490. The van der Waals surface area contributed by atoms with E-state index in [0.717, 1.165) is 29.0 Å². The van der Waals surface area contributed by atoms with E-state index in [9.17, 15) is 22.4 Å². The van der Waals surface area contributed by atoms with Gasteiger partial charge in [0.15, 0.2) is 0 Å². The molecule has 10 heteroatoms. The van der Waals surface area contributed by atoms with Gasteiger partial charge in [0, 0.05) is 24.8 Å². The van der Waals surface area contributed by atoms with Gasteiger partial charge in [-0.25, -0.2) is 4.39 Å². The first-order valence-corrected chi connectivity index (χ1v) is 11.8. The van der Waals surface area contributed by atoms with Gasteiger partial charge in [-0.1, -0.05) is 12.1 Å². The normalized spacial score (nSPS) is 13.4. The fraction of sp³-hybridized carbons (Fsp3) is 0.214. The van der Waals surface area contributed by atoms with Crippen LogP contribution >= 0.6 is 0 Å². The minimum atomic E-state index is -4.65. The predicted molar refractivity (Wildman–Crippen MR) is 131 cm³/mol. The Morgan fingerprint density at radius 3 is 2.53 bits per heavy atom. The van der Waals surface area contributed by atoms with E-state index >= 15 is 0 Å². The number of halogens is 4. The van der Waals surface area contributed by atoms with Crippen LogP contribution in [-0.2, 0) is 25.6 Å². The SMILES string of the molecule is COc1ccc(CN2CCc3c(ccnc3-c3cc(Cc4cc(F)cc(C(F)(F)F)c4)cnn3)C2=O)cc1. The van der Waals surface area contributed by atoms with E-state index in [4.69, 9.17) is 4.74 Å². The molecule has 194 valence electrons. The number of pyridine rings is 1. The van der Waals surface area contributed by atoms with Crippen LogP contribution in [0.25, 0.3) is 11.4 Å². The van der Waals surface area contributed by atoms with Crippen LogP contribution in [0.4, 0.5) is 17.6 Å². The third-order valence-electron chi connectivity index (χ3n) is 6.38. The number of aromatic nitrogens is 3. The van der Waals surface area contributed by atoms with Crippen LogP contribution in [0, 0.1) is 5.82 Å². The number of carbonyl (C=O) groups is 1. The molecule has 0 atom stereocenters. The van der Waals surface area contributed by atoms with Crippen molar-refractivity contribution in [1.82, 2.24) is 20.1 Å². The van der Waals surface area contributed by atoms with E-state index < -0.39 is 17.6 Å². The number of methoxy groups -OCH3 is 1. The van der Waals surface area contributed by atoms with Gasteiger partial charge in [0.2, 0.25) is 0 Å². The summed E-state index contributed by atoms with van der Waals surface area (Å²) in [7, 11) is 1.59. The zero-order valence-electron chi connectivity index (χ0n) is 20.3. The van der Waals surface area contributed by atoms with Crippen molar-refractivity contribution in [3.8, 4) is 17.1 Å². The van der Waals surface area contributed by atoms with Crippen LogP contribution in [0.1, 0.15) is 38.2 Å². The summed E-state index contributed by atoms with van der Waals surface area (Å²) in [6.07, 6.45) is -1.14. The molecule has 1 aliphatic heterocycles. The van der Waals surface area contributed by atoms with Crippen LogP contribution in [0.15, 0.2) is 67.0 Å². The van der Waals surface area contributed by atoms with Crippen LogP contribution in [0.5, 0.6) is 5.75 Å². The van der Waals surface area contributed by atoms with Gasteiger partial charge in [-0.2, -0.15) is 18.3 Å². The van der Waals surface area contributed by atoms with Crippen LogP contribution in [-0.4, -0.2) is 39.6 Å². The van der Waals surface area contributed by atoms with E-state index in [0.29, 0.717) is 48.1 Å². The Morgan fingerprint density at radius 1 is 1.00 bits per heavy atom. The number of hydrogen-bond donors (Lipinski definition) is 0. The molecule has 6 nitrogen and oxygen atoms in total. The maximum absolute atomic E-state index is 13.9. The minimum Gasteiger partial charge on any atom is -0.497 e. The minimum absolute atomic E-state index is 0.0208. The number of alkyl halides is 3. The summed E-state index contributed by atoms with van der Waals surface area (Å²) in [6.45, 7) is 0.927. The fourth-order valence-electron chi connectivity index (χ4n) is 4.56. The van der Waals surface area contributed by atoms with Crippen molar-refractivity contribution in [2.75, 3.05) is 13.7 Å². The molecule has 5 rings (SSSR count). The Morgan fingerprint density at radius 2 is 1.79 bits per heavy atom. The van der Waals surface area contributed by atoms with Gasteiger partial charge in [-0.15, -0.1) is 5.10 Å². The molecule has 0 saturated heterocycles. The maximum Gasteiger partial charge on any atom is 0.416 e. The third-order valence-corrected chi connectivity index (χ3v) is 6.38. The zero-order chi connectivity index (χ0) is 26.9. The van der Waals surface area contributed by atoms with Gasteiger partial charge in [0.1, 0.15) is 17.3 Å². The molecular weight excluding hydrogens is 500 g/mol. The lowest BCUT2D eigenvalue weighted by molar-refractivity contribution is -0.137. The lowest BCUT2D eigenvalue weighted by atomic mass is 9.95. The molecule has 1 aliphatic rings. The Labute approximate surface area is 215 Å². The molecule has 0 radical (unpaired) electrons. The van der Waals surface area contributed by atoms with Crippen molar-refractivity contribution in [3.05, 3.63) is 106 Å². The number of benzene rings is 2. The highest BCUT2D eigenvalue weighted by Crippen LogP contribution is 2.32. The second kappa shape index (κ2) is 10.2. The molecule has 0 unspecified atom stereocenters. The van der Waals surface area contributed by atoms with E-state index in [1.54, 1.807) is 24.1 Å². The van der Waals surface area contributed by atoms with Crippen molar-refractivity contribution in [2.45, 2.75) is 25.6 Å². The largest absolute Gasteiger partial charge is 0.497 e. The highest BCUT2D eigenvalue weighted by molar-refractivity contribution is 5.98. The van der Waals surface area contributed by atoms with Crippen LogP contribution in [0.3, 0.4) is 0 Å². The Hall–Kier alpha value is -4.34. The molecule has 0 saturated carbocycles. The number of amides is 1. The molecule has 0 aliphatic carbocycles. The monoisotopic (exact) mass is 522 g/mol. The second-order valence-electron chi connectivity index (χ2n) is 8.98. The van der Waals surface area contributed by atoms with Crippen molar-refractivity contribution < 1.29 is 27.1 Å². The molecule has 1 amide bonds. The van der Waals surface area contributed by atoms with Crippen molar-refractivity contribution in [3.63, 3.8) is 0 Å². The molecule has 0 fully saturated rings. The molecule has 0 bridgehead atoms.